The molecule has 0 aliphatic carbocycles. The molecule has 166 valence electrons. The number of halogens is 2. The maximum atomic E-state index is 13.6. The summed E-state index contributed by atoms with van der Waals surface area (Å²) in [6, 6.07) is 21.4. The molecule has 1 N–H and O–H groups in total. The Morgan fingerprint density at radius 3 is 2.64 bits per heavy atom. The van der Waals surface area contributed by atoms with Crippen LogP contribution in [0.1, 0.15) is 40.4 Å². The average Bonchev–Trinajstić information content (AvgIpc) is 3.52. The van der Waals surface area contributed by atoms with Crippen molar-refractivity contribution >= 4 is 40.0 Å². The minimum atomic E-state index is -0.240. The molecule has 2 aliphatic heterocycles. The molecule has 3 aromatic carbocycles. The molecule has 1 fully saturated rings. The van der Waals surface area contributed by atoms with Crippen molar-refractivity contribution in [2.45, 2.75) is 25.0 Å². The van der Waals surface area contributed by atoms with Gasteiger partial charge in [-0.05, 0) is 48.7 Å². The molecular formula is C27H22Cl2N2O2. The van der Waals surface area contributed by atoms with Crippen LogP contribution in [0, 0.1) is 0 Å². The molecule has 1 aromatic heterocycles. The molecule has 0 saturated carbocycles. The summed E-state index contributed by atoms with van der Waals surface area (Å²) in [4.78, 5) is 19.2. The molecular weight excluding hydrogens is 455 g/mol. The minimum absolute atomic E-state index is 0.0459. The minimum Gasteiger partial charge on any atom is -0.376 e. The normalized spacial score (nSPS) is 20.1. The van der Waals surface area contributed by atoms with Gasteiger partial charge in [0.25, 0.3) is 5.91 Å². The lowest BCUT2D eigenvalue weighted by atomic mass is 9.93. The molecule has 4 nitrogen and oxygen atoms in total. The van der Waals surface area contributed by atoms with Gasteiger partial charge in [0.15, 0.2) is 0 Å². The Labute approximate surface area is 202 Å². The molecule has 6 heteroatoms. The van der Waals surface area contributed by atoms with Crippen molar-refractivity contribution in [1.82, 2.24) is 9.88 Å². The molecule has 33 heavy (non-hydrogen) atoms. The highest BCUT2D eigenvalue weighted by Crippen LogP contribution is 2.47. The molecule has 0 radical (unpaired) electrons. The van der Waals surface area contributed by atoms with E-state index in [0.717, 1.165) is 58.3 Å². The number of rotatable bonds is 4. The number of benzene rings is 3. The van der Waals surface area contributed by atoms with E-state index in [-0.39, 0.29) is 18.1 Å². The van der Waals surface area contributed by atoms with Crippen molar-refractivity contribution in [2.75, 3.05) is 13.2 Å². The van der Waals surface area contributed by atoms with Gasteiger partial charge in [0, 0.05) is 45.8 Å². The average molecular weight is 477 g/mol. The summed E-state index contributed by atoms with van der Waals surface area (Å²) in [6.45, 7) is 1.31. The third kappa shape index (κ3) is 3.45. The molecule has 1 amide bonds. The van der Waals surface area contributed by atoms with Gasteiger partial charge >= 0.3 is 0 Å². The van der Waals surface area contributed by atoms with E-state index >= 15 is 0 Å². The first-order valence-electron chi connectivity index (χ1n) is 11.2. The smallest absolute Gasteiger partial charge is 0.255 e. The summed E-state index contributed by atoms with van der Waals surface area (Å²) in [6.07, 6.45) is 2.05. The van der Waals surface area contributed by atoms with Gasteiger partial charge in [-0.15, -0.1) is 0 Å². The van der Waals surface area contributed by atoms with Crippen molar-refractivity contribution in [3.05, 3.63) is 93.5 Å². The number of carbonyl (C=O) groups excluding carboxylic acids is 1. The Balaban J connectivity index is 1.59. The van der Waals surface area contributed by atoms with Crippen molar-refractivity contribution in [2.24, 2.45) is 0 Å². The number of nitrogens with one attached hydrogen (secondary N) is 1. The van der Waals surface area contributed by atoms with Crippen LogP contribution in [0.5, 0.6) is 0 Å². The van der Waals surface area contributed by atoms with Crippen LogP contribution in [-0.2, 0) is 4.74 Å². The van der Waals surface area contributed by atoms with E-state index in [2.05, 4.69) is 23.2 Å². The summed E-state index contributed by atoms with van der Waals surface area (Å²) in [7, 11) is 0. The van der Waals surface area contributed by atoms with Crippen LogP contribution in [0.4, 0.5) is 0 Å². The second kappa shape index (κ2) is 8.21. The van der Waals surface area contributed by atoms with Crippen LogP contribution in [0.25, 0.3) is 22.2 Å². The zero-order valence-corrected chi connectivity index (χ0v) is 19.4. The lowest BCUT2D eigenvalue weighted by Gasteiger charge is -2.29. The van der Waals surface area contributed by atoms with Crippen molar-refractivity contribution in [1.29, 1.82) is 0 Å². The lowest BCUT2D eigenvalue weighted by molar-refractivity contribution is 0.0501. The predicted molar refractivity (Wildman–Crippen MR) is 132 cm³/mol. The zero-order chi connectivity index (χ0) is 22.5. The summed E-state index contributed by atoms with van der Waals surface area (Å²) in [5.41, 5.74) is 5.58. The fourth-order valence-electron chi connectivity index (χ4n) is 5.23. The van der Waals surface area contributed by atoms with Crippen molar-refractivity contribution < 1.29 is 9.53 Å². The van der Waals surface area contributed by atoms with E-state index in [1.165, 1.54) is 0 Å². The summed E-state index contributed by atoms with van der Waals surface area (Å²) >= 11 is 12.9. The number of H-pyrrole nitrogens is 1. The Morgan fingerprint density at radius 1 is 1.00 bits per heavy atom. The van der Waals surface area contributed by atoms with Gasteiger partial charge in [0.1, 0.15) is 0 Å². The SMILES string of the molecule is O=C1c2ccccc2C(c2c(-c3ccc(Cl)cc3Cl)[nH]c3ccccc23)N1CC1CCCO1. The maximum Gasteiger partial charge on any atom is 0.255 e. The van der Waals surface area contributed by atoms with Crippen LogP contribution < -0.4 is 0 Å². The molecule has 0 spiro atoms. The van der Waals surface area contributed by atoms with E-state index in [1.54, 1.807) is 6.07 Å². The molecule has 3 heterocycles. The number of aromatic nitrogens is 1. The first-order valence-corrected chi connectivity index (χ1v) is 11.9. The Hall–Kier alpha value is -2.79. The van der Waals surface area contributed by atoms with Gasteiger partial charge in [-0.3, -0.25) is 4.79 Å². The largest absolute Gasteiger partial charge is 0.376 e. The molecule has 2 aliphatic rings. The Kier molecular flexibility index (Phi) is 5.17. The zero-order valence-electron chi connectivity index (χ0n) is 17.9. The van der Waals surface area contributed by atoms with Gasteiger partial charge in [-0.1, -0.05) is 59.6 Å². The topological polar surface area (TPSA) is 45.3 Å². The number of nitrogens with zero attached hydrogens (tertiary/aromatic N) is 1. The maximum absolute atomic E-state index is 13.6. The van der Waals surface area contributed by atoms with Gasteiger partial charge in [-0.2, -0.15) is 0 Å². The second-order valence-electron chi connectivity index (χ2n) is 8.67. The van der Waals surface area contributed by atoms with Crippen molar-refractivity contribution in [3.63, 3.8) is 0 Å². The third-order valence-electron chi connectivity index (χ3n) is 6.70. The summed E-state index contributed by atoms with van der Waals surface area (Å²) < 4.78 is 5.92. The Bertz CT molecular complexity index is 1370. The second-order valence-corrected chi connectivity index (χ2v) is 9.51. The number of hydrogen-bond donors (Lipinski definition) is 1. The number of amides is 1. The number of para-hydroxylation sites is 1. The highest BCUT2D eigenvalue weighted by atomic mass is 35.5. The first kappa shape index (κ1) is 20.8. The monoisotopic (exact) mass is 476 g/mol. The Morgan fingerprint density at radius 2 is 1.82 bits per heavy atom. The number of carbonyl (C=O) groups is 1. The van der Waals surface area contributed by atoms with Crippen LogP contribution in [0.15, 0.2) is 66.7 Å². The van der Waals surface area contributed by atoms with E-state index in [9.17, 15) is 4.79 Å². The molecule has 4 aromatic rings. The van der Waals surface area contributed by atoms with Crippen LogP contribution in [0.2, 0.25) is 10.0 Å². The predicted octanol–water partition coefficient (Wildman–Crippen LogP) is 6.87. The van der Waals surface area contributed by atoms with E-state index < -0.39 is 0 Å². The molecule has 6 rings (SSSR count). The standard InChI is InChI=1S/C27H22Cl2N2O2/c28-16-11-12-20(22(29)14-16)25-24(21-9-3-4-10-23(21)30-25)26-18-7-1-2-8-19(18)27(32)31(26)15-17-6-5-13-33-17/h1-4,7-12,14,17,26,30H,5-6,13,15H2. The number of ether oxygens (including phenoxy) is 1. The molecule has 0 bridgehead atoms. The highest BCUT2D eigenvalue weighted by Gasteiger charge is 2.41. The quantitative estimate of drug-likeness (QED) is 0.349. The number of hydrogen-bond acceptors (Lipinski definition) is 2. The fourth-order valence-corrected chi connectivity index (χ4v) is 5.73. The van der Waals surface area contributed by atoms with Gasteiger partial charge in [-0.25, -0.2) is 0 Å². The summed E-state index contributed by atoms with van der Waals surface area (Å²) in [5.74, 6) is 0.0459. The van der Waals surface area contributed by atoms with Crippen LogP contribution in [-0.4, -0.2) is 35.0 Å². The van der Waals surface area contributed by atoms with Crippen molar-refractivity contribution in [3.8, 4) is 11.3 Å². The van der Waals surface area contributed by atoms with Crippen LogP contribution in [0.3, 0.4) is 0 Å². The fraction of sp³-hybridized carbons (Fsp3) is 0.222. The molecule has 1 saturated heterocycles. The molecule has 2 unspecified atom stereocenters. The lowest BCUT2D eigenvalue weighted by Crippen LogP contribution is -2.35. The first-order chi connectivity index (χ1) is 16.1. The summed E-state index contributed by atoms with van der Waals surface area (Å²) in [5, 5.41) is 2.23. The highest BCUT2D eigenvalue weighted by molar-refractivity contribution is 6.36. The number of aromatic amines is 1. The number of fused-ring (bicyclic) bond motifs is 2. The van der Waals surface area contributed by atoms with Gasteiger partial charge in [0.05, 0.1) is 22.9 Å². The van der Waals surface area contributed by atoms with Gasteiger partial charge in [0.2, 0.25) is 0 Å². The van der Waals surface area contributed by atoms with E-state index in [4.69, 9.17) is 27.9 Å². The third-order valence-corrected chi connectivity index (χ3v) is 7.25. The van der Waals surface area contributed by atoms with E-state index in [1.807, 2.05) is 47.4 Å². The van der Waals surface area contributed by atoms with E-state index in [0.29, 0.717) is 16.6 Å². The molecule has 2 atom stereocenters. The van der Waals surface area contributed by atoms with Crippen LogP contribution >= 0.6 is 23.2 Å². The van der Waals surface area contributed by atoms with Gasteiger partial charge < -0.3 is 14.6 Å².